The molecule has 0 radical (unpaired) electrons. The normalized spacial score (nSPS) is 52.7. The van der Waals surface area contributed by atoms with Crippen molar-refractivity contribution in [1.29, 1.82) is 0 Å². The lowest BCUT2D eigenvalue weighted by Gasteiger charge is -2.42. The number of hydrogen-bond acceptors (Lipinski definition) is 2. The zero-order valence-corrected chi connectivity index (χ0v) is 15.0. The molecular weight excluding hydrogens is 276 g/mol. The van der Waals surface area contributed by atoms with Gasteiger partial charge in [0.25, 0.3) is 0 Å². The summed E-state index contributed by atoms with van der Waals surface area (Å²) in [6.07, 6.45) is 1.36. The summed E-state index contributed by atoms with van der Waals surface area (Å²) in [5.41, 5.74) is -1.93. The van der Waals surface area contributed by atoms with Crippen LogP contribution in [0.1, 0.15) is 40.5 Å². The fourth-order valence-corrected chi connectivity index (χ4v) is 3.96. The first-order valence-corrected chi connectivity index (χ1v) is 8.71. The zero-order chi connectivity index (χ0) is 16.7. The van der Waals surface area contributed by atoms with E-state index in [1.807, 2.05) is 0 Å². The largest absolute Gasteiger partial charge is 0.377 e. The lowest BCUT2D eigenvalue weighted by atomic mass is 9.76. The van der Waals surface area contributed by atoms with Gasteiger partial charge in [0, 0.05) is 24.7 Å². The maximum absolute atomic E-state index is 11.0. The summed E-state index contributed by atoms with van der Waals surface area (Å²) < 4.78 is 0. The number of hydrogen-bond donors (Lipinski definition) is 4. The van der Waals surface area contributed by atoms with Gasteiger partial charge in [-0.05, 0) is 13.8 Å². The van der Waals surface area contributed by atoms with E-state index in [-0.39, 0.29) is 11.8 Å². The first-order chi connectivity index (χ1) is 10.1. The third-order valence-corrected chi connectivity index (χ3v) is 6.30. The van der Waals surface area contributed by atoms with E-state index < -0.39 is 11.2 Å². The molecule has 126 valence electrons. The number of likely N-dealkylation sites (tertiary alicyclic amines) is 2. The molecule has 0 aromatic rings. The van der Waals surface area contributed by atoms with E-state index in [0.717, 1.165) is 13.1 Å². The summed E-state index contributed by atoms with van der Waals surface area (Å²) >= 11 is 0. The van der Waals surface area contributed by atoms with Crippen molar-refractivity contribution in [2.45, 2.75) is 63.8 Å². The fraction of sp³-hybridized carbons (Fsp3) is 0.889. The van der Waals surface area contributed by atoms with Crippen LogP contribution in [0.3, 0.4) is 0 Å². The van der Waals surface area contributed by atoms with E-state index >= 15 is 0 Å². The highest BCUT2D eigenvalue weighted by Gasteiger charge is 2.45. The van der Waals surface area contributed by atoms with Gasteiger partial charge in [-0.2, -0.15) is 0 Å². The Bertz CT molecular complexity index is 431. The van der Waals surface area contributed by atoms with Crippen LogP contribution in [-0.4, -0.2) is 60.7 Å². The third-order valence-electron chi connectivity index (χ3n) is 6.30. The molecule has 0 aromatic carbocycles. The number of piperidine rings is 2. The third kappa shape index (κ3) is 3.33. The number of aliphatic hydroxyl groups is 2. The Hall–Kier alpha value is -0.600. The lowest BCUT2D eigenvalue weighted by molar-refractivity contribution is -0.915. The number of rotatable bonds is 0. The molecule has 0 aromatic heterocycles. The molecule has 4 heteroatoms. The van der Waals surface area contributed by atoms with Crippen molar-refractivity contribution in [1.82, 2.24) is 0 Å². The second-order valence-corrected chi connectivity index (χ2v) is 8.21. The van der Waals surface area contributed by atoms with Gasteiger partial charge in [-0.15, -0.1) is 0 Å². The van der Waals surface area contributed by atoms with Crippen LogP contribution in [0.5, 0.6) is 0 Å². The summed E-state index contributed by atoms with van der Waals surface area (Å²) in [4.78, 5) is 2.89. The molecule has 8 atom stereocenters. The molecule has 0 bridgehead atoms. The van der Waals surface area contributed by atoms with Crippen molar-refractivity contribution in [3.05, 3.63) is 0 Å². The molecule has 2 saturated heterocycles. The molecule has 0 aliphatic carbocycles. The van der Waals surface area contributed by atoms with Gasteiger partial charge in [-0.3, -0.25) is 0 Å². The summed E-state index contributed by atoms with van der Waals surface area (Å²) in [7, 11) is 4.34. The minimum Gasteiger partial charge on any atom is -0.377 e. The van der Waals surface area contributed by atoms with E-state index in [2.05, 4.69) is 53.6 Å². The van der Waals surface area contributed by atoms with Gasteiger partial charge in [0.05, 0.1) is 39.3 Å². The molecule has 2 rings (SSSR count). The molecule has 0 saturated carbocycles. The molecular formula is C18H34N2O2+2. The Morgan fingerprint density at radius 2 is 1.09 bits per heavy atom. The Kier molecular flexibility index (Phi) is 4.94. The van der Waals surface area contributed by atoms with Gasteiger partial charge in [0.2, 0.25) is 0 Å². The van der Waals surface area contributed by atoms with E-state index in [0.29, 0.717) is 24.9 Å². The van der Waals surface area contributed by atoms with Crippen LogP contribution in [0.15, 0.2) is 0 Å². The first-order valence-electron chi connectivity index (χ1n) is 8.71. The van der Waals surface area contributed by atoms with Crippen LogP contribution in [0.4, 0.5) is 0 Å². The van der Waals surface area contributed by atoms with Crippen molar-refractivity contribution in [3.8, 4) is 11.8 Å². The Morgan fingerprint density at radius 3 is 1.41 bits per heavy atom. The van der Waals surface area contributed by atoms with Gasteiger partial charge >= 0.3 is 0 Å². The highest BCUT2D eigenvalue weighted by atomic mass is 16.3. The smallest absolute Gasteiger partial charge is 0.139 e. The molecule has 4 N–H and O–H groups in total. The monoisotopic (exact) mass is 310 g/mol. The van der Waals surface area contributed by atoms with Crippen molar-refractivity contribution in [2.24, 2.45) is 11.8 Å². The van der Waals surface area contributed by atoms with E-state index in [1.54, 1.807) is 0 Å². The average Bonchev–Trinajstić information content (AvgIpc) is 2.42. The topological polar surface area (TPSA) is 49.3 Å². The van der Waals surface area contributed by atoms with Gasteiger partial charge in [-0.25, -0.2) is 0 Å². The van der Waals surface area contributed by atoms with Crippen LogP contribution in [0, 0.1) is 23.7 Å². The number of quaternary nitrogens is 2. The summed E-state index contributed by atoms with van der Waals surface area (Å²) in [5, 5.41) is 21.9. The molecule has 22 heavy (non-hydrogen) atoms. The van der Waals surface area contributed by atoms with Crippen LogP contribution in [-0.2, 0) is 0 Å². The minimum atomic E-state index is -0.964. The molecule has 4 nitrogen and oxygen atoms in total. The van der Waals surface area contributed by atoms with Crippen LogP contribution >= 0.6 is 0 Å². The van der Waals surface area contributed by atoms with Gasteiger partial charge in [-0.1, -0.05) is 25.7 Å². The fourth-order valence-electron chi connectivity index (χ4n) is 3.96. The summed E-state index contributed by atoms with van der Waals surface area (Å²) in [6.45, 7) is 10.3. The van der Waals surface area contributed by atoms with Crippen molar-refractivity contribution >= 4 is 0 Å². The Morgan fingerprint density at radius 1 is 0.773 bits per heavy atom. The summed E-state index contributed by atoms with van der Waals surface area (Å²) in [6, 6.07) is 0.784. The standard InChI is InChI=1S/C18H32N2O2/c1-13-11-19(5)15(3)9-17(13,21)7-8-18(22)10-16(4)20(6)12-14(18)2/h13-16,21-22H,9-12H2,1-6H3/p+2/t13-,14+,15-,16-,17-,18-/m0/s1. The highest BCUT2D eigenvalue weighted by molar-refractivity contribution is 5.24. The number of nitrogens with one attached hydrogen (secondary N) is 2. The highest BCUT2D eigenvalue weighted by Crippen LogP contribution is 2.28. The Labute approximate surface area is 135 Å². The Balaban J connectivity index is 2.20. The predicted molar refractivity (Wildman–Crippen MR) is 87.7 cm³/mol. The van der Waals surface area contributed by atoms with Crippen molar-refractivity contribution in [2.75, 3.05) is 27.2 Å². The quantitative estimate of drug-likeness (QED) is 0.405. The maximum Gasteiger partial charge on any atom is 0.139 e. The van der Waals surface area contributed by atoms with E-state index in [1.165, 1.54) is 9.80 Å². The molecule has 2 aliphatic heterocycles. The minimum absolute atomic E-state index is 0.129. The van der Waals surface area contributed by atoms with Crippen LogP contribution in [0.25, 0.3) is 0 Å². The van der Waals surface area contributed by atoms with E-state index in [4.69, 9.17) is 0 Å². The second-order valence-electron chi connectivity index (χ2n) is 8.21. The SMILES string of the molecule is C[C@@H]1C[NH+](C)[C@@H](C)C[C@@]1(O)C#C[C@]1(O)C[C@H](C)[NH+](C)C[C@@H]1C. The molecule has 2 aliphatic rings. The first kappa shape index (κ1) is 17.7. The van der Waals surface area contributed by atoms with Crippen molar-refractivity contribution in [3.63, 3.8) is 0 Å². The molecule has 0 spiro atoms. The molecule has 0 amide bonds. The second kappa shape index (κ2) is 6.13. The molecule has 2 heterocycles. The lowest BCUT2D eigenvalue weighted by Crippen LogP contribution is -3.15. The maximum atomic E-state index is 11.0. The van der Waals surface area contributed by atoms with Crippen molar-refractivity contribution < 1.29 is 20.0 Å². The predicted octanol–water partition coefficient (Wildman–Crippen LogP) is -1.66. The van der Waals surface area contributed by atoms with E-state index in [9.17, 15) is 10.2 Å². The molecule has 2 fully saturated rings. The molecule has 2 unspecified atom stereocenters. The van der Waals surface area contributed by atoms with Gasteiger partial charge in [0.15, 0.2) is 0 Å². The van der Waals surface area contributed by atoms with Gasteiger partial charge < -0.3 is 20.0 Å². The zero-order valence-electron chi connectivity index (χ0n) is 15.0. The van der Waals surface area contributed by atoms with Crippen LogP contribution in [0.2, 0.25) is 0 Å². The van der Waals surface area contributed by atoms with Gasteiger partial charge in [0.1, 0.15) is 11.2 Å². The van der Waals surface area contributed by atoms with Crippen LogP contribution < -0.4 is 9.80 Å². The average molecular weight is 310 g/mol. The summed E-state index contributed by atoms with van der Waals surface area (Å²) in [5.74, 6) is 6.47.